The fourth-order valence-corrected chi connectivity index (χ4v) is 1.41. The quantitative estimate of drug-likeness (QED) is 0.385. The van der Waals surface area contributed by atoms with Crippen LogP contribution in [0.5, 0.6) is 0 Å². The fraction of sp³-hybridized carbons (Fsp3) is 0.222. The first-order valence-electron chi connectivity index (χ1n) is 3.92. The van der Waals surface area contributed by atoms with Gasteiger partial charge >= 0.3 is 0 Å². The van der Waals surface area contributed by atoms with Gasteiger partial charge in [0.15, 0.2) is 6.21 Å². The summed E-state index contributed by atoms with van der Waals surface area (Å²) in [5.74, 6) is 0. The van der Waals surface area contributed by atoms with Crippen LogP contribution in [0.15, 0.2) is 22.7 Å². The molecule has 0 spiro atoms. The van der Waals surface area contributed by atoms with Crippen LogP contribution in [-0.2, 0) is 0 Å². The maximum atomic E-state index is 9.00. The molecule has 1 rings (SSSR count). The summed E-state index contributed by atoms with van der Waals surface area (Å²) >= 11 is 3.36. The zero-order valence-corrected chi connectivity index (χ0v) is 8.88. The second-order valence-electron chi connectivity index (χ2n) is 2.73. The number of hydrogen-bond acceptors (Lipinski definition) is 2. The Morgan fingerprint density at radius 2 is 2.31 bits per heavy atom. The lowest BCUT2D eigenvalue weighted by molar-refractivity contribution is -0.545. The lowest BCUT2D eigenvalue weighted by atomic mass is 10.2. The lowest BCUT2D eigenvalue weighted by Crippen LogP contribution is -2.75. The first-order chi connectivity index (χ1) is 6.11. The van der Waals surface area contributed by atoms with E-state index in [0.717, 1.165) is 10.0 Å². The van der Waals surface area contributed by atoms with Crippen molar-refractivity contribution in [2.24, 2.45) is 0 Å². The molecule has 1 aromatic rings. The third-order valence-corrected chi connectivity index (χ3v) is 2.25. The van der Waals surface area contributed by atoms with E-state index < -0.39 is 6.23 Å². The molecule has 1 unspecified atom stereocenters. The van der Waals surface area contributed by atoms with Gasteiger partial charge in [0.2, 0.25) is 6.23 Å². The minimum Gasteiger partial charge on any atom is -0.398 e. The van der Waals surface area contributed by atoms with E-state index in [2.05, 4.69) is 20.9 Å². The van der Waals surface area contributed by atoms with Crippen LogP contribution in [0.25, 0.3) is 0 Å². The van der Waals surface area contributed by atoms with Crippen LogP contribution < -0.4 is 10.7 Å². The molecule has 4 heteroatoms. The molecule has 1 aromatic carbocycles. The van der Waals surface area contributed by atoms with Crippen LogP contribution in [0.1, 0.15) is 12.5 Å². The molecule has 0 aliphatic rings. The van der Waals surface area contributed by atoms with Crippen LogP contribution in [-0.4, -0.2) is 17.5 Å². The van der Waals surface area contributed by atoms with Crippen molar-refractivity contribution in [2.75, 3.05) is 5.73 Å². The highest BCUT2D eigenvalue weighted by Crippen LogP contribution is 2.19. The predicted octanol–water partition coefficient (Wildman–Crippen LogP) is -0.131. The van der Waals surface area contributed by atoms with Gasteiger partial charge in [-0.15, -0.1) is 0 Å². The number of nitrogens with two attached hydrogens (primary N) is 1. The Kier molecular flexibility index (Phi) is 3.45. The van der Waals surface area contributed by atoms with Gasteiger partial charge in [0.1, 0.15) is 0 Å². The summed E-state index contributed by atoms with van der Waals surface area (Å²) < 4.78 is 0.903. The standard InChI is InChI=1S/C9H11BrN2O/c1-6(13)12-5-7-8(10)3-2-4-9(7)11/h2-6,13H,11H2,1H3/p+1. The lowest BCUT2D eigenvalue weighted by Gasteiger charge is -1.99. The maximum Gasteiger partial charge on any atom is 0.250 e. The van der Waals surface area contributed by atoms with Crippen molar-refractivity contribution in [3.63, 3.8) is 0 Å². The number of anilines is 1. The summed E-state index contributed by atoms with van der Waals surface area (Å²) in [5.41, 5.74) is 7.24. The molecule has 3 nitrogen and oxygen atoms in total. The Balaban J connectivity index is 3.00. The second-order valence-corrected chi connectivity index (χ2v) is 3.58. The van der Waals surface area contributed by atoms with Gasteiger partial charge in [0, 0.05) is 17.1 Å². The van der Waals surface area contributed by atoms with Gasteiger partial charge in [0.05, 0.1) is 5.56 Å². The van der Waals surface area contributed by atoms with E-state index >= 15 is 0 Å². The van der Waals surface area contributed by atoms with Crippen molar-refractivity contribution in [1.82, 2.24) is 0 Å². The molecule has 13 heavy (non-hydrogen) atoms. The third kappa shape index (κ3) is 2.82. The topological polar surface area (TPSA) is 60.2 Å². The molecule has 0 bridgehead atoms. The Morgan fingerprint density at radius 3 is 2.85 bits per heavy atom. The van der Waals surface area contributed by atoms with E-state index in [0.29, 0.717) is 5.69 Å². The molecule has 1 atom stereocenters. The second kappa shape index (κ2) is 4.39. The van der Waals surface area contributed by atoms with Crippen molar-refractivity contribution in [3.8, 4) is 0 Å². The number of nitrogens with one attached hydrogen (secondary N) is 1. The Labute approximate surface area is 85.4 Å². The molecule has 0 aliphatic carbocycles. The average molecular weight is 244 g/mol. The first-order valence-corrected chi connectivity index (χ1v) is 4.72. The minimum atomic E-state index is -0.577. The fourth-order valence-electron chi connectivity index (χ4n) is 0.910. The molecule has 0 heterocycles. The summed E-state index contributed by atoms with van der Waals surface area (Å²) in [7, 11) is 0. The van der Waals surface area contributed by atoms with Crippen molar-refractivity contribution >= 4 is 27.8 Å². The van der Waals surface area contributed by atoms with Gasteiger partial charge in [-0.05, 0) is 28.1 Å². The van der Waals surface area contributed by atoms with Gasteiger partial charge in [-0.2, -0.15) is 0 Å². The van der Waals surface area contributed by atoms with E-state index in [1.165, 1.54) is 0 Å². The molecule has 0 saturated carbocycles. The van der Waals surface area contributed by atoms with Gasteiger partial charge in [-0.25, -0.2) is 4.99 Å². The molecule has 70 valence electrons. The Bertz CT molecular complexity index is 303. The average Bonchev–Trinajstić information content (AvgIpc) is 2.03. The summed E-state index contributed by atoms with van der Waals surface area (Å²) in [6.45, 7) is 1.64. The summed E-state index contributed by atoms with van der Waals surface area (Å²) in [4.78, 5) is 2.76. The van der Waals surface area contributed by atoms with Crippen molar-refractivity contribution in [3.05, 3.63) is 28.2 Å². The molecule has 0 radical (unpaired) electrons. The molecule has 0 aromatic heterocycles. The Morgan fingerprint density at radius 1 is 1.62 bits per heavy atom. The van der Waals surface area contributed by atoms with Crippen LogP contribution in [0, 0.1) is 0 Å². The number of aliphatic hydroxyl groups is 1. The highest BCUT2D eigenvalue weighted by Gasteiger charge is 2.04. The number of rotatable bonds is 2. The molecule has 0 amide bonds. The molecular weight excluding hydrogens is 232 g/mol. The maximum absolute atomic E-state index is 9.00. The predicted molar refractivity (Wildman–Crippen MR) is 56.4 cm³/mol. The molecule has 0 saturated heterocycles. The van der Waals surface area contributed by atoms with Gasteiger partial charge in [-0.1, -0.05) is 6.07 Å². The van der Waals surface area contributed by atoms with Crippen molar-refractivity contribution < 1.29 is 10.1 Å². The molecular formula is C9H12BrN2O+. The van der Waals surface area contributed by atoms with Crippen LogP contribution in [0.2, 0.25) is 0 Å². The smallest absolute Gasteiger partial charge is 0.250 e. The van der Waals surface area contributed by atoms with Crippen LogP contribution in [0.4, 0.5) is 5.69 Å². The highest BCUT2D eigenvalue weighted by molar-refractivity contribution is 9.10. The first kappa shape index (κ1) is 10.2. The molecule has 0 aliphatic heterocycles. The van der Waals surface area contributed by atoms with Gasteiger partial charge in [-0.3, -0.25) is 0 Å². The molecule has 0 fully saturated rings. The Hall–Kier alpha value is -0.870. The number of aliphatic hydroxyl groups excluding tert-OH is 1. The SMILES string of the molecule is CC(O)[NH+]=Cc1c(N)cccc1Br. The van der Waals surface area contributed by atoms with E-state index in [4.69, 9.17) is 10.8 Å². The highest BCUT2D eigenvalue weighted by atomic mass is 79.9. The number of halogens is 1. The van der Waals surface area contributed by atoms with Crippen molar-refractivity contribution in [2.45, 2.75) is 13.2 Å². The summed E-state index contributed by atoms with van der Waals surface area (Å²) in [6.07, 6.45) is 1.11. The minimum absolute atomic E-state index is 0.577. The zero-order valence-electron chi connectivity index (χ0n) is 7.29. The normalized spacial score (nSPS) is 13.5. The number of benzene rings is 1. The van der Waals surface area contributed by atoms with Crippen LogP contribution in [0.3, 0.4) is 0 Å². The third-order valence-electron chi connectivity index (χ3n) is 1.56. The number of nitrogen functional groups attached to an aromatic ring is 1. The zero-order chi connectivity index (χ0) is 9.84. The largest absolute Gasteiger partial charge is 0.398 e. The van der Waals surface area contributed by atoms with Gasteiger partial charge < -0.3 is 10.8 Å². The van der Waals surface area contributed by atoms with E-state index in [-0.39, 0.29) is 0 Å². The van der Waals surface area contributed by atoms with E-state index in [9.17, 15) is 0 Å². The number of hydrogen-bond donors (Lipinski definition) is 3. The van der Waals surface area contributed by atoms with E-state index in [1.807, 2.05) is 12.1 Å². The van der Waals surface area contributed by atoms with Gasteiger partial charge in [0.25, 0.3) is 0 Å². The van der Waals surface area contributed by atoms with E-state index in [1.54, 1.807) is 19.2 Å². The molecule has 4 N–H and O–H groups in total. The van der Waals surface area contributed by atoms with Crippen molar-refractivity contribution in [1.29, 1.82) is 0 Å². The monoisotopic (exact) mass is 243 g/mol. The summed E-state index contributed by atoms with van der Waals surface area (Å²) in [5, 5.41) is 9.00. The summed E-state index contributed by atoms with van der Waals surface area (Å²) in [6, 6.07) is 5.56. The van der Waals surface area contributed by atoms with Crippen LogP contribution >= 0.6 is 15.9 Å².